The van der Waals surface area contributed by atoms with Gasteiger partial charge in [0, 0.05) is 13.0 Å². The number of aryl methyl sites for hydroxylation is 2. The predicted octanol–water partition coefficient (Wildman–Crippen LogP) is 3.92. The van der Waals surface area contributed by atoms with Gasteiger partial charge in [-0.25, -0.2) is 0 Å². The lowest BCUT2D eigenvalue weighted by Crippen LogP contribution is -2.36. The number of ether oxygens (including phenoxy) is 2. The molecular formula is C21H25NO3. The van der Waals surface area contributed by atoms with E-state index in [-0.39, 0.29) is 5.91 Å². The van der Waals surface area contributed by atoms with Crippen LogP contribution in [0.4, 0.5) is 5.69 Å². The molecule has 1 aliphatic rings. The van der Waals surface area contributed by atoms with Crippen LogP contribution in [0.1, 0.15) is 29.5 Å². The number of nitrogens with zero attached hydrogens (tertiary/aromatic N) is 1. The molecule has 1 aliphatic heterocycles. The number of carbonyl (C=O) groups is 1. The van der Waals surface area contributed by atoms with Crippen LogP contribution >= 0.6 is 0 Å². The summed E-state index contributed by atoms with van der Waals surface area (Å²) in [6.45, 7) is 2.86. The molecule has 0 unspecified atom stereocenters. The summed E-state index contributed by atoms with van der Waals surface area (Å²) in [5.41, 5.74) is 4.57. The minimum absolute atomic E-state index is 0.153. The molecule has 3 rings (SSSR count). The molecule has 1 amide bonds. The van der Waals surface area contributed by atoms with E-state index in [1.807, 2.05) is 35.2 Å². The summed E-state index contributed by atoms with van der Waals surface area (Å²) in [4.78, 5) is 14.8. The van der Waals surface area contributed by atoms with Crippen molar-refractivity contribution in [2.75, 3.05) is 25.7 Å². The number of rotatable bonds is 5. The smallest absolute Gasteiger partial charge is 0.227 e. The Balaban J connectivity index is 1.76. The van der Waals surface area contributed by atoms with E-state index in [1.165, 1.54) is 11.1 Å². The largest absolute Gasteiger partial charge is 0.497 e. The van der Waals surface area contributed by atoms with Gasteiger partial charge in [0.2, 0.25) is 5.91 Å². The van der Waals surface area contributed by atoms with E-state index in [9.17, 15) is 4.79 Å². The van der Waals surface area contributed by atoms with Gasteiger partial charge >= 0.3 is 0 Å². The molecule has 0 spiro atoms. The second-order valence-corrected chi connectivity index (χ2v) is 6.41. The van der Waals surface area contributed by atoms with Crippen molar-refractivity contribution in [3.8, 4) is 11.5 Å². The van der Waals surface area contributed by atoms with Gasteiger partial charge in [-0.3, -0.25) is 4.79 Å². The summed E-state index contributed by atoms with van der Waals surface area (Å²) in [5, 5.41) is 0. The highest BCUT2D eigenvalue weighted by Gasteiger charge is 2.26. The first kappa shape index (κ1) is 17.3. The van der Waals surface area contributed by atoms with Gasteiger partial charge in [-0.1, -0.05) is 18.2 Å². The molecule has 0 bridgehead atoms. The maximum atomic E-state index is 12.9. The minimum Gasteiger partial charge on any atom is -0.497 e. The highest BCUT2D eigenvalue weighted by molar-refractivity contribution is 5.96. The SMILES string of the molecule is COc1ccc(CCC(=O)N2CCCc3c(C)ccc(OC)c32)cc1. The zero-order valence-corrected chi connectivity index (χ0v) is 15.2. The molecule has 25 heavy (non-hydrogen) atoms. The van der Waals surface area contributed by atoms with Gasteiger partial charge in [0.25, 0.3) is 0 Å². The number of hydrogen-bond acceptors (Lipinski definition) is 3. The van der Waals surface area contributed by atoms with Crippen molar-refractivity contribution in [2.45, 2.75) is 32.6 Å². The molecule has 2 aromatic rings. The molecule has 0 saturated heterocycles. The van der Waals surface area contributed by atoms with E-state index < -0.39 is 0 Å². The minimum atomic E-state index is 0.153. The summed E-state index contributed by atoms with van der Waals surface area (Å²) in [6, 6.07) is 11.9. The standard InChI is InChI=1S/C21H25NO3/c1-15-6-12-19(25-3)21-18(15)5-4-14-22(21)20(23)13-9-16-7-10-17(24-2)11-8-16/h6-8,10-12H,4-5,9,13-14H2,1-3H3. The van der Waals surface area contributed by atoms with Crippen molar-refractivity contribution in [1.29, 1.82) is 0 Å². The van der Waals surface area contributed by atoms with Gasteiger partial charge in [0.15, 0.2) is 0 Å². The zero-order valence-electron chi connectivity index (χ0n) is 15.2. The molecule has 0 atom stereocenters. The summed E-state index contributed by atoms with van der Waals surface area (Å²) < 4.78 is 10.7. The lowest BCUT2D eigenvalue weighted by Gasteiger charge is -2.32. The second-order valence-electron chi connectivity index (χ2n) is 6.41. The average molecular weight is 339 g/mol. The third-order valence-electron chi connectivity index (χ3n) is 4.87. The summed E-state index contributed by atoms with van der Waals surface area (Å²) in [6.07, 6.45) is 3.21. The third kappa shape index (κ3) is 3.63. The number of anilines is 1. The molecule has 0 N–H and O–H groups in total. The maximum absolute atomic E-state index is 12.9. The quantitative estimate of drug-likeness (QED) is 0.829. The first-order valence-electron chi connectivity index (χ1n) is 8.74. The van der Waals surface area contributed by atoms with E-state index in [4.69, 9.17) is 9.47 Å². The summed E-state index contributed by atoms with van der Waals surface area (Å²) >= 11 is 0. The van der Waals surface area contributed by atoms with Gasteiger partial charge in [-0.2, -0.15) is 0 Å². The van der Waals surface area contributed by atoms with Crippen LogP contribution in [-0.2, 0) is 17.6 Å². The zero-order chi connectivity index (χ0) is 17.8. The van der Waals surface area contributed by atoms with Crippen LogP contribution < -0.4 is 14.4 Å². The maximum Gasteiger partial charge on any atom is 0.227 e. The van der Waals surface area contributed by atoms with Gasteiger partial charge in [-0.15, -0.1) is 0 Å². The average Bonchev–Trinajstić information content (AvgIpc) is 2.66. The number of methoxy groups -OCH3 is 2. The molecule has 0 fully saturated rings. The molecular weight excluding hydrogens is 314 g/mol. The summed E-state index contributed by atoms with van der Waals surface area (Å²) in [5.74, 6) is 1.78. The highest BCUT2D eigenvalue weighted by Crippen LogP contribution is 2.38. The van der Waals surface area contributed by atoms with Gasteiger partial charge < -0.3 is 14.4 Å². The molecule has 4 nitrogen and oxygen atoms in total. The van der Waals surface area contributed by atoms with Crippen molar-refractivity contribution in [3.63, 3.8) is 0 Å². The molecule has 0 radical (unpaired) electrons. The molecule has 2 aromatic carbocycles. The van der Waals surface area contributed by atoms with Crippen molar-refractivity contribution in [3.05, 3.63) is 53.1 Å². The highest BCUT2D eigenvalue weighted by atomic mass is 16.5. The lowest BCUT2D eigenvalue weighted by atomic mass is 9.95. The molecule has 0 saturated carbocycles. The van der Waals surface area contributed by atoms with Crippen LogP contribution in [0.5, 0.6) is 11.5 Å². The van der Waals surface area contributed by atoms with E-state index in [2.05, 4.69) is 13.0 Å². The van der Waals surface area contributed by atoms with Crippen LogP contribution in [0.25, 0.3) is 0 Å². The number of benzene rings is 2. The topological polar surface area (TPSA) is 38.8 Å². The van der Waals surface area contributed by atoms with Crippen LogP contribution in [0.15, 0.2) is 36.4 Å². The van der Waals surface area contributed by atoms with Crippen molar-refractivity contribution in [2.24, 2.45) is 0 Å². The second kappa shape index (κ2) is 7.60. The monoisotopic (exact) mass is 339 g/mol. The Morgan fingerprint density at radius 2 is 1.84 bits per heavy atom. The first-order chi connectivity index (χ1) is 12.1. The fourth-order valence-electron chi connectivity index (χ4n) is 3.45. The predicted molar refractivity (Wildman–Crippen MR) is 99.7 cm³/mol. The molecule has 1 heterocycles. The van der Waals surface area contributed by atoms with Gasteiger partial charge in [-0.05, 0) is 61.1 Å². The Labute approximate surface area is 149 Å². The Hall–Kier alpha value is -2.49. The van der Waals surface area contributed by atoms with Crippen molar-refractivity contribution in [1.82, 2.24) is 0 Å². The van der Waals surface area contributed by atoms with Crippen LogP contribution in [0.2, 0.25) is 0 Å². The summed E-state index contributed by atoms with van der Waals surface area (Å²) in [7, 11) is 3.32. The Kier molecular flexibility index (Phi) is 5.27. The van der Waals surface area contributed by atoms with Crippen molar-refractivity contribution >= 4 is 11.6 Å². The molecule has 132 valence electrons. The number of hydrogen-bond donors (Lipinski definition) is 0. The van der Waals surface area contributed by atoms with E-state index in [1.54, 1.807) is 14.2 Å². The lowest BCUT2D eigenvalue weighted by molar-refractivity contribution is -0.118. The molecule has 0 aliphatic carbocycles. The fraction of sp³-hybridized carbons (Fsp3) is 0.381. The van der Waals surface area contributed by atoms with Crippen molar-refractivity contribution < 1.29 is 14.3 Å². The normalized spacial score (nSPS) is 13.3. The third-order valence-corrected chi connectivity index (χ3v) is 4.87. The Morgan fingerprint density at radius 1 is 1.08 bits per heavy atom. The molecule has 4 heteroatoms. The first-order valence-corrected chi connectivity index (χ1v) is 8.74. The van der Waals surface area contributed by atoms with E-state index in [0.717, 1.165) is 48.6 Å². The molecule has 0 aromatic heterocycles. The number of amides is 1. The van der Waals surface area contributed by atoms with Gasteiger partial charge in [0.05, 0.1) is 19.9 Å². The number of carbonyl (C=O) groups excluding carboxylic acids is 1. The van der Waals surface area contributed by atoms with E-state index in [0.29, 0.717) is 6.42 Å². The Morgan fingerprint density at radius 3 is 2.52 bits per heavy atom. The van der Waals surface area contributed by atoms with Crippen LogP contribution in [-0.4, -0.2) is 26.7 Å². The fourth-order valence-corrected chi connectivity index (χ4v) is 3.45. The number of fused-ring (bicyclic) bond motifs is 1. The van der Waals surface area contributed by atoms with Crippen LogP contribution in [0.3, 0.4) is 0 Å². The Bertz CT molecular complexity index is 752. The van der Waals surface area contributed by atoms with E-state index >= 15 is 0 Å². The van der Waals surface area contributed by atoms with Gasteiger partial charge in [0.1, 0.15) is 11.5 Å². The van der Waals surface area contributed by atoms with Crippen LogP contribution in [0, 0.1) is 6.92 Å².